The topological polar surface area (TPSA) is 96.9 Å². The highest BCUT2D eigenvalue weighted by molar-refractivity contribution is 6.06. The minimum absolute atomic E-state index is 0.0369. The van der Waals surface area contributed by atoms with Gasteiger partial charge in [-0.15, -0.1) is 0 Å². The minimum atomic E-state index is -0.958. The largest absolute Gasteiger partial charge is 0.409 e. The fourth-order valence-electron chi connectivity index (χ4n) is 2.52. The lowest BCUT2D eigenvalue weighted by Gasteiger charge is -2.35. The van der Waals surface area contributed by atoms with Gasteiger partial charge < -0.3 is 21.0 Å². The molecule has 2 atom stereocenters. The third-order valence-corrected chi connectivity index (χ3v) is 4.53. The molecular weight excluding hydrogens is 246 g/mol. The van der Waals surface area contributed by atoms with Gasteiger partial charge in [0.2, 0.25) is 5.91 Å². The molecule has 0 saturated carbocycles. The van der Waals surface area contributed by atoms with E-state index in [9.17, 15) is 4.79 Å². The van der Waals surface area contributed by atoms with Crippen molar-refractivity contribution in [2.24, 2.45) is 16.3 Å². The Balaban J connectivity index is 2.96. The number of oxime groups is 1. The highest BCUT2D eigenvalue weighted by Crippen LogP contribution is 2.31. The second-order valence-electron chi connectivity index (χ2n) is 5.41. The van der Waals surface area contributed by atoms with Gasteiger partial charge >= 0.3 is 0 Å². The van der Waals surface area contributed by atoms with Crippen LogP contribution in [-0.2, 0) is 9.53 Å². The molecule has 1 heterocycles. The fraction of sp³-hybridized carbons (Fsp3) is 0.846. The van der Waals surface area contributed by atoms with Crippen LogP contribution in [0.3, 0.4) is 0 Å². The summed E-state index contributed by atoms with van der Waals surface area (Å²) in [6.45, 7) is 8.25. The number of amidine groups is 1. The van der Waals surface area contributed by atoms with Crippen molar-refractivity contribution < 1.29 is 14.7 Å². The van der Waals surface area contributed by atoms with Crippen molar-refractivity contribution in [3.63, 3.8) is 0 Å². The lowest BCUT2D eigenvalue weighted by atomic mass is 9.79. The van der Waals surface area contributed by atoms with Crippen molar-refractivity contribution in [1.29, 1.82) is 0 Å². The standard InChI is InChI=1S/C13H25N3O3/c1-5-13(6-2,10(14)16-18)11(17)15-12(4)7-8-19-9(12)3/h9,18H,5-8H2,1-4H3,(H2,14,16)(H,15,17). The lowest BCUT2D eigenvalue weighted by molar-refractivity contribution is -0.130. The Labute approximate surface area is 114 Å². The summed E-state index contributed by atoms with van der Waals surface area (Å²) in [6, 6.07) is 0. The Hall–Kier alpha value is -1.30. The van der Waals surface area contributed by atoms with Crippen LogP contribution in [0.5, 0.6) is 0 Å². The molecule has 6 nitrogen and oxygen atoms in total. The summed E-state index contributed by atoms with van der Waals surface area (Å²) in [7, 11) is 0. The molecule has 0 aromatic carbocycles. The Morgan fingerprint density at radius 2 is 2.16 bits per heavy atom. The number of nitrogens with two attached hydrogens (primary N) is 1. The van der Waals surface area contributed by atoms with Gasteiger partial charge in [0.05, 0.1) is 11.6 Å². The van der Waals surface area contributed by atoms with Crippen LogP contribution < -0.4 is 11.1 Å². The highest BCUT2D eigenvalue weighted by atomic mass is 16.5. The number of nitrogens with one attached hydrogen (secondary N) is 1. The summed E-state index contributed by atoms with van der Waals surface area (Å²) in [5, 5.41) is 15.0. The average Bonchev–Trinajstić information content (AvgIpc) is 2.71. The van der Waals surface area contributed by atoms with E-state index < -0.39 is 11.0 Å². The predicted molar refractivity (Wildman–Crippen MR) is 73.0 cm³/mol. The van der Waals surface area contributed by atoms with E-state index in [-0.39, 0.29) is 17.8 Å². The maximum Gasteiger partial charge on any atom is 0.234 e. The predicted octanol–water partition coefficient (Wildman–Crippen LogP) is 1.22. The number of carbonyl (C=O) groups is 1. The van der Waals surface area contributed by atoms with E-state index in [0.29, 0.717) is 19.4 Å². The monoisotopic (exact) mass is 271 g/mol. The van der Waals surface area contributed by atoms with Crippen molar-refractivity contribution in [3.05, 3.63) is 0 Å². The summed E-state index contributed by atoms with van der Waals surface area (Å²) in [4.78, 5) is 12.6. The van der Waals surface area contributed by atoms with Gasteiger partial charge in [-0.25, -0.2) is 0 Å². The second kappa shape index (κ2) is 5.77. The Morgan fingerprint density at radius 3 is 2.53 bits per heavy atom. The van der Waals surface area contributed by atoms with Crippen LogP contribution in [0.2, 0.25) is 0 Å². The second-order valence-corrected chi connectivity index (χ2v) is 5.41. The molecule has 1 rings (SSSR count). The van der Waals surface area contributed by atoms with Crippen molar-refractivity contribution >= 4 is 11.7 Å². The van der Waals surface area contributed by atoms with Crippen molar-refractivity contribution in [3.8, 4) is 0 Å². The first-order valence-corrected chi connectivity index (χ1v) is 6.78. The van der Waals surface area contributed by atoms with Crippen LogP contribution in [0.15, 0.2) is 5.16 Å². The van der Waals surface area contributed by atoms with Crippen LogP contribution >= 0.6 is 0 Å². The van der Waals surface area contributed by atoms with Gasteiger partial charge in [0, 0.05) is 6.61 Å². The molecule has 1 saturated heterocycles. The summed E-state index contributed by atoms with van der Waals surface area (Å²) >= 11 is 0. The highest BCUT2D eigenvalue weighted by Gasteiger charge is 2.45. The Morgan fingerprint density at radius 1 is 1.58 bits per heavy atom. The molecule has 0 aromatic heterocycles. The zero-order valence-corrected chi connectivity index (χ0v) is 12.2. The molecule has 0 radical (unpaired) electrons. The third kappa shape index (κ3) is 2.68. The van der Waals surface area contributed by atoms with Gasteiger partial charge in [-0.05, 0) is 33.1 Å². The van der Waals surface area contributed by atoms with Crippen molar-refractivity contribution in [2.75, 3.05) is 6.61 Å². The number of nitrogens with zero attached hydrogens (tertiary/aromatic N) is 1. The number of carbonyl (C=O) groups excluding carboxylic acids is 1. The van der Waals surface area contributed by atoms with Gasteiger partial charge in [0.1, 0.15) is 5.41 Å². The molecule has 1 fully saturated rings. The van der Waals surface area contributed by atoms with Gasteiger partial charge in [-0.2, -0.15) is 0 Å². The molecule has 1 aliphatic heterocycles. The summed E-state index contributed by atoms with van der Waals surface area (Å²) in [6.07, 6.45) is 1.68. The quantitative estimate of drug-likeness (QED) is 0.303. The van der Waals surface area contributed by atoms with Crippen LogP contribution in [0.1, 0.15) is 47.0 Å². The van der Waals surface area contributed by atoms with E-state index in [2.05, 4.69) is 10.5 Å². The fourth-order valence-corrected chi connectivity index (χ4v) is 2.52. The zero-order valence-electron chi connectivity index (χ0n) is 12.2. The van der Waals surface area contributed by atoms with Gasteiger partial charge in [0.25, 0.3) is 0 Å². The first-order valence-electron chi connectivity index (χ1n) is 6.78. The first-order chi connectivity index (χ1) is 8.86. The molecule has 19 heavy (non-hydrogen) atoms. The molecule has 2 unspecified atom stereocenters. The molecule has 4 N–H and O–H groups in total. The maximum absolute atomic E-state index is 12.6. The summed E-state index contributed by atoms with van der Waals surface area (Å²) < 4.78 is 5.51. The number of hydrogen-bond acceptors (Lipinski definition) is 4. The van der Waals surface area contributed by atoms with E-state index in [1.165, 1.54) is 0 Å². The number of amides is 1. The van der Waals surface area contributed by atoms with Crippen LogP contribution in [0.25, 0.3) is 0 Å². The zero-order chi connectivity index (χ0) is 14.7. The number of rotatable bonds is 5. The molecule has 1 aliphatic rings. The van der Waals surface area contributed by atoms with Gasteiger partial charge in [-0.1, -0.05) is 19.0 Å². The van der Waals surface area contributed by atoms with Gasteiger partial charge in [0.15, 0.2) is 5.84 Å². The Kier molecular flexibility index (Phi) is 4.79. The number of hydrogen-bond donors (Lipinski definition) is 3. The van der Waals surface area contributed by atoms with Crippen molar-refractivity contribution in [2.45, 2.75) is 58.6 Å². The van der Waals surface area contributed by atoms with E-state index in [4.69, 9.17) is 15.7 Å². The van der Waals surface area contributed by atoms with E-state index in [1.54, 1.807) is 0 Å². The van der Waals surface area contributed by atoms with Crippen LogP contribution in [0.4, 0.5) is 0 Å². The lowest BCUT2D eigenvalue weighted by Crippen LogP contribution is -2.58. The molecule has 110 valence electrons. The first kappa shape index (κ1) is 15.8. The molecule has 1 amide bonds. The molecule has 0 bridgehead atoms. The molecule has 0 aliphatic carbocycles. The molecule has 0 aromatic rings. The maximum atomic E-state index is 12.6. The average molecular weight is 271 g/mol. The van der Waals surface area contributed by atoms with E-state index in [0.717, 1.165) is 6.42 Å². The van der Waals surface area contributed by atoms with Crippen molar-refractivity contribution in [1.82, 2.24) is 5.32 Å². The third-order valence-electron chi connectivity index (χ3n) is 4.53. The van der Waals surface area contributed by atoms with Gasteiger partial charge in [-0.3, -0.25) is 4.79 Å². The normalized spacial score (nSPS) is 28.4. The smallest absolute Gasteiger partial charge is 0.234 e. The van der Waals surface area contributed by atoms with E-state index >= 15 is 0 Å². The van der Waals surface area contributed by atoms with Crippen LogP contribution in [-0.4, -0.2) is 35.2 Å². The summed E-state index contributed by atoms with van der Waals surface area (Å²) in [5.74, 6) is -0.238. The number of ether oxygens (including phenoxy) is 1. The van der Waals surface area contributed by atoms with E-state index in [1.807, 2.05) is 27.7 Å². The molecular formula is C13H25N3O3. The SMILES string of the molecule is CCC(CC)(C(=O)NC1(C)CCOC1C)C(N)=NO. The molecule has 0 spiro atoms. The Bertz CT molecular complexity index is 366. The molecule has 6 heteroatoms. The summed E-state index contributed by atoms with van der Waals surface area (Å²) in [5.41, 5.74) is 4.38. The minimum Gasteiger partial charge on any atom is -0.409 e. The van der Waals surface area contributed by atoms with Crippen LogP contribution in [0, 0.1) is 5.41 Å².